The minimum absolute atomic E-state index is 0.0334. The van der Waals surface area contributed by atoms with Crippen LogP contribution in [0.15, 0.2) is 0 Å². The van der Waals surface area contributed by atoms with Crippen LogP contribution in [0.3, 0.4) is 0 Å². The maximum atomic E-state index is 12.9. The number of carbonyl (C=O) groups excluding carboxylic acids is 1. The molecule has 0 aromatic carbocycles. The van der Waals surface area contributed by atoms with Crippen LogP contribution in [0.25, 0.3) is 0 Å². The van der Waals surface area contributed by atoms with Crippen molar-refractivity contribution in [3.8, 4) is 0 Å². The van der Waals surface area contributed by atoms with Gasteiger partial charge in [-0.3, -0.25) is 9.69 Å². The third-order valence-electron chi connectivity index (χ3n) is 7.16. The molecule has 0 spiro atoms. The van der Waals surface area contributed by atoms with E-state index in [1.54, 1.807) is 4.90 Å². The fourth-order valence-electron chi connectivity index (χ4n) is 6.52. The quantitative estimate of drug-likeness (QED) is 0.833. The van der Waals surface area contributed by atoms with Crippen molar-refractivity contribution in [2.75, 3.05) is 26.2 Å². The van der Waals surface area contributed by atoms with Crippen LogP contribution >= 0.6 is 0 Å². The molecule has 3 nitrogen and oxygen atoms in total. The summed E-state index contributed by atoms with van der Waals surface area (Å²) < 4.78 is 38.7. The van der Waals surface area contributed by atoms with Gasteiger partial charge in [0.05, 0.1) is 12.5 Å². The normalized spacial score (nSPS) is 41.1. The van der Waals surface area contributed by atoms with E-state index in [2.05, 4.69) is 5.32 Å². The maximum Gasteiger partial charge on any atom is 0.393 e. The van der Waals surface area contributed by atoms with Crippen LogP contribution in [0, 0.1) is 29.1 Å². The summed E-state index contributed by atoms with van der Waals surface area (Å²) in [6.07, 6.45) is 4.40. The summed E-state index contributed by atoms with van der Waals surface area (Å²) in [4.78, 5) is 14.0. The second-order valence-corrected chi connectivity index (χ2v) is 9.31. The number of carbonyl (C=O) groups is 1. The van der Waals surface area contributed by atoms with Gasteiger partial charge in [0, 0.05) is 13.1 Å². The Morgan fingerprint density at radius 3 is 2.24 bits per heavy atom. The molecule has 1 saturated heterocycles. The Morgan fingerprint density at radius 1 is 1.08 bits per heavy atom. The average Bonchev–Trinajstić information content (AvgIpc) is 2.51. The zero-order valence-electron chi connectivity index (χ0n) is 14.8. The Kier molecular flexibility index (Phi) is 4.53. The van der Waals surface area contributed by atoms with Crippen molar-refractivity contribution in [1.82, 2.24) is 10.2 Å². The van der Waals surface area contributed by atoms with Crippen LogP contribution in [0.2, 0.25) is 0 Å². The highest BCUT2D eigenvalue weighted by atomic mass is 19.4. The first-order chi connectivity index (χ1) is 11.8. The van der Waals surface area contributed by atoms with E-state index in [4.69, 9.17) is 0 Å². The van der Waals surface area contributed by atoms with Crippen molar-refractivity contribution >= 4 is 5.91 Å². The maximum absolute atomic E-state index is 12.9. The van der Waals surface area contributed by atoms with Crippen molar-refractivity contribution in [1.29, 1.82) is 0 Å². The zero-order valence-corrected chi connectivity index (χ0v) is 14.8. The number of halogens is 3. The monoisotopic (exact) mass is 358 g/mol. The Hall–Kier alpha value is -0.780. The standard InChI is InChI=1S/C19H29F3N2O/c20-19(21,22)16-2-1-3-24(10-16)11-17(25)23-12-18-7-13-4-14(8-18)6-15(5-13)9-18/h13-16H,1-12H2,(H,23,25)/t13?,14?,15?,16-,18?/m0/s1. The van der Waals surface area contributed by atoms with Crippen molar-refractivity contribution < 1.29 is 18.0 Å². The lowest BCUT2D eigenvalue weighted by Crippen LogP contribution is -2.52. The Morgan fingerprint density at radius 2 is 1.68 bits per heavy atom. The Labute approximate surface area is 147 Å². The average molecular weight is 358 g/mol. The molecule has 25 heavy (non-hydrogen) atoms. The smallest absolute Gasteiger partial charge is 0.354 e. The molecule has 5 aliphatic rings. The number of likely N-dealkylation sites (tertiary alicyclic amines) is 1. The number of hydrogen-bond donors (Lipinski definition) is 1. The van der Waals surface area contributed by atoms with Gasteiger partial charge >= 0.3 is 6.18 Å². The summed E-state index contributed by atoms with van der Waals surface area (Å²) >= 11 is 0. The lowest BCUT2D eigenvalue weighted by molar-refractivity contribution is -0.187. The molecule has 0 unspecified atom stereocenters. The van der Waals surface area contributed by atoms with Crippen molar-refractivity contribution in [3.05, 3.63) is 0 Å². The van der Waals surface area contributed by atoms with Crippen LogP contribution in [-0.2, 0) is 4.79 Å². The second-order valence-electron chi connectivity index (χ2n) is 9.31. The molecule has 0 radical (unpaired) electrons. The summed E-state index contributed by atoms with van der Waals surface area (Å²) in [6, 6.07) is 0. The van der Waals surface area contributed by atoms with E-state index in [1.807, 2.05) is 0 Å². The van der Waals surface area contributed by atoms with Gasteiger partial charge < -0.3 is 5.32 Å². The fourth-order valence-corrected chi connectivity index (χ4v) is 6.52. The minimum atomic E-state index is -4.14. The van der Waals surface area contributed by atoms with E-state index in [1.165, 1.54) is 38.5 Å². The van der Waals surface area contributed by atoms with Gasteiger partial charge in [-0.2, -0.15) is 13.2 Å². The summed E-state index contributed by atoms with van der Waals surface area (Å²) in [5.74, 6) is 1.16. The zero-order chi connectivity index (χ0) is 17.7. The number of nitrogens with one attached hydrogen (secondary N) is 1. The topological polar surface area (TPSA) is 32.3 Å². The predicted octanol–water partition coefficient (Wildman–Crippen LogP) is 3.59. The van der Waals surface area contributed by atoms with E-state index < -0.39 is 12.1 Å². The molecule has 1 aliphatic heterocycles. The SMILES string of the molecule is O=C(CN1CCC[C@H](C(F)(F)F)C1)NCC12CC3CC(CC(C3)C1)C2. The highest BCUT2D eigenvalue weighted by Crippen LogP contribution is 2.59. The predicted molar refractivity (Wildman–Crippen MR) is 88.8 cm³/mol. The molecular formula is C19H29F3N2O. The molecule has 4 bridgehead atoms. The Bertz CT molecular complexity index is 484. The van der Waals surface area contributed by atoms with E-state index >= 15 is 0 Å². The first-order valence-electron chi connectivity index (χ1n) is 9.87. The molecule has 5 fully saturated rings. The van der Waals surface area contributed by atoms with Gasteiger partial charge in [0.15, 0.2) is 0 Å². The fraction of sp³-hybridized carbons (Fsp3) is 0.947. The molecule has 1 N–H and O–H groups in total. The number of piperidine rings is 1. The molecule has 5 rings (SSSR count). The first kappa shape index (κ1) is 17.6. The third-order valence-corrected chi connectivity index (χ3v) is 7.16. The lowest BCUT2D eigenvalue weighted by Gasteiger charge is -2.57. The summed E-state index contributed by atoms with van der Waals surface area (Å²) in [6.45, 7) is 1.40. The van der Waals surface area contributed by atoms with Crippen molar-refractivity contribution in [3.63, 3.8) is 0 Å². The molecule has 142 valence electrons. The second kappa shape index (κ2) is 6.43. The molecule has 4 aliphatic carbocycles. The van der Waals surface area contributed by atoms with Crippen LogP contribution < -0.4 is 5.32 Å². The molecule has 1 heterocycles. The van der Waals surface area contributed by atoms with Crippen LogP contribution in [-0.4, -0.2) is 43.2 Å². The lowest BCUT2D eigenvalue weighted by atomic mass is 9.49. The summed E-state index contributed by atoms with van der Waals surface area (Å²) in [7, 11) is 0. The third kappa shape index (κ3) is 3.83. The van der Waals surface area contributed by atoms with Gasteiger partial charge in [0.2, 0.25) is 5.91 Å². The molecule has 1 atom stereocenters. The largest absolute Gasteiger partial charge is 0.393 e. The van der Waals surface area contributed by atoms with Crippen molar-refractivity contribution in [2.45, 2.75) is 57.5 Å². The highest BCUT2D eigenvalue weighted by molar-refractivity contribution is 5.78. The number of rotatable bonds is 4. The molecule has 1 amide bonds. The Balaban J connectivity index is 1.27. The molecule has 6 heteroatoms. The molecular weight excluding hydrogens is 329 g/mol. The highest BCUT2D eigenvalue weighted by Gasteiger charge is 2.50. The van der Waals surface area contributed by atoms with Gasteiger partial charge in [-0.25, -0.2) is 0 Å². The van der Waals surface area contributed by atoms with Gasteiger partial charge in [-0.15, -0.1) is 0 Å². The van der Waals surface area contributed by atoms with Crippen LogP contribution in [0.1, 0.15) is 51.4 Å². The number of hydrogen-bond acceptors (Lipinski definition) is 2. The van der Waals surface area contributed by atoms with E-state index in [-0.39, 0.29) is 30.8 Å². The molecule has 0 aromatic rings. The summed E-state index contributed by atoms with van der Waals surface area (Å²) in [5.41, 5.74) is 0.279. The number of amides is 1. The summed E-state index contributed by atoms with van der Waals surface area (Å²) in [5, 5.41) is 3.08. The molecule has 0 aromatic heterocycles. The van der Waals surface area contributed by atoms with E-state index in [9.17, 15) is 18.0 Å². The van der Waals surface area contributed by atoms with Gasteiger partial charge in [-0.05, 0) is 81.1 Å². The van der Waals surface area contributed by atoms with Crippen LogP contribution in [0.4, 0.5) is 13.2 Å². The van der Waals surface area contributed by atoms with Gasteiger partial charge in [0.1, 0.15) is 0 Å². The minimum Gasteiger partial charge on any atom is -0.354 e. The van der Waals surface area contributed by atoms with E-state index in [0.717, 1.165) is 24.3 Å². The van der Waals surface area contributed by atoms with Gasteiger partial charge in [0.25, 0.3) is 0 Å². The first-order valence-corrected chi connectivity index (χ1v) is 9.87. The van der Waals surface area contributed by atoms with Gasteiger partial charge in [-0.1, -0.05) is 0 Å². The van der Waals surface area contributed by atoms with Crippen molar-refractivity contribution in [2.24, 2.45) is 29.1 Å². The van der Waals surface area contributed by atoms with Crippen LogP contribution in [0.5, 0.6) is 0 Å². The number of alkyl halides is 3. The molecule has 4 saturated carbocycles. The van der Waals surface area contributed by atoms with E-state index in [0.29, 0.717) is 13.0 Å². The number of nitrogens with zero attached hydrogens (tertiary/aromatic N) is 1.